The summed E-state index contributed by atoms with van der Waals surface area (Å²) in [5.74, 6) is 0. The summed E-state index contributed by atoms with van der Waals surface area (Å²) in [5.41, 5.74) is -0.606. The van der Waals surface area contributed by atoms with Gasteiger partial charge in [-0.05, 0) is 22.0 Å². The fourth-order valence-electron chi connectivity index (χ4n) is 0.498. The van der Waals surface area contributed by atoms with Crippen molar-refractivity contribution >= 4 is 27.5 Å². The van der Waals surface area contributed by atoms with Crippen LogP contribution >= 0.6 is 27.5 Å². The molecule has 0 saturated heterocycles. The number of hydrogen-bond acceptors (Lipinski definition) is 1. The predicted molar refractivity (Wildman–Crippen MR) is 41.9 cm³/mol. The molecule has 5 heteroatoms. The van der Waals surface area contributed by atoms with Crippen molar-refractivity contribution in [1.82, 2.24) is 4.98 Å². The van der Waals surface area contributed by atoms with Crippen LogP contribution in [-0.4, -0.2) is 4.98 Å². The van der Waals surface area contributed by atoms with Crippen LogP contribution in [0, 0.1) is 0 Å². The number of hydrogen-bond donors (Lipinski definition) is 0. The summed E-state index contributed by atoms with van der Waals surface area (Å²) in [7, 11) is 0. The molecule has 0 bridgehead atoms. The lowest BCUT2D eigenvalue weighted by atomic mass is 10.4. The van der Waals surface area contributed by atoms with E-state index >= 15 is 0 Å². The zero-order valence-corrected chi connectivity index (χ0v) is 7.38. The summed E-state index contributed by atoms with van der Waals surface area (Å²) in [6.45, 7) is 0. The predicted octanol–water partition coefficient (Wildman–Crippen LogP) is 3.44. The molecule has 0 fully saturated rings. The quantitative estimate of drug-likeness (QED) is 0.737. The van der Waals surface area contributed by atoms with Gasteiger partial charge in [0.25, 0.3) is 6.43 Å². The highest BCUT2D eigenvalue weighted by Crippen LogP contribution is 2.30. The Hall–Kier alpha value is -0.220. The second-order valence-corrected chi connectivity index (χ2v) is 2.83. The summed E-state index contributed by atoms with van der Waals surface area (Å²) in [6.07, 6.45) is -3.36. The van der Waals surface area contributed by atoms with E-state index in [1.165, 1.54) is 0 Å². The molecule has 0 N–H and O–H groups in total. The lowest BCUT2D eigenvalue weighted by molar-refractivity contribution is 0.145. The molecule has 1 aromatic heterocycles. The van der Waals surface area contributed by atoms with Gasteiger partial charge in [0.2, 0.25) is 0 Å². The molecule has 60 valence electrons. The smallest absolute Gasteiger partial charge is 0.254 e. The van der Waals surface area contributed by atoms with Gasteiger partial charge in [-0.3, -0.25) is 4.98 Å². The van der Waals surface area contributed by atoms with Crippen LogP contribution in [0.5, 0.6) is 0 Å². The van der Waals surface area contributed by atoms with Crippen molar-refractivity contribution in [2.45, 2.75) is 6.43 Å². The van der Waals surface area contributed by atoms with Crippen molar-refractivity contribution in [1.29, 1.82) is 0 Å². The second-order valence-electron chi connectivity index (χ2n) is 1.66. The van der Waals surface area contributed by atoms with Gasteiger partial charge >= 0.3 is 0 Å². The monoisotopic (exact) mass is 243 g/mol. The van der Waals surface area contributed by atoms with E-state index in [0.29, 0.717) is 0 Å². The standard InChI is InChI=1S/C6H3BrClF2N/c7-4-3(8)1-2-11-5(4)6(9)10/h1-2,6H/i1D,2D. The molecule has 1 rings (SSSR count). The van der Waals surface area contributed by atoms with Crippen LogP contribution in [0.1, 0.15) is 14.9 Å². The van der Waals surface area contributed by atoms with Gasteiger partial charge in [-0.25, -0.2) is 8.78 Å². The number of nitrogens with zero attached hydrogens (tertiary/aromatic N) is 1. The second kappa shape index (κ2) is 3.45. The maximum Gasteiger partial charge on any atom is 0.281 e. The Kier molecular flexibility index (Phi) is 1.98. The number of aromatic nitrogens is 1. The van der Waals surface area contributed by atoms with Gasteiger partial charge in [0.15, 0.2) is 0 Å². The van der Waals surface area contributed by atoms with Crippen LogP contribution < -0.4 is 0 Å². The van der Waals surface area contributed by atoms with Gasteiger partial charge in [0, 0.05) is 6.17 Å². The van der Waals surface area contributed by atoms with Crippen LogP contribution in [0.2, 0.25) is 5.02 Å². The fraction of sp³-hybridized carbons (Fsp3) is 0.167. The Balaban J connectivity index is 3.41. The van der Waals surface area contributed by atoms with Gasteiger partial charge in [-0.1, -0.05) is 11.6 Å². The summed E-state index contributed by atoms with van der Waals surface area (Å²) >= 11 is 8.29. The highest BCUT2D eigenvalue weighted by atomic mass is 79.9. The first-order valence-electron chi connectivity index (χ1n) is 3.55. The normalized spacial score (nSPS) is 13.2. The van der Waals surface area contributed by atoms with Crippen molar-refractivity contribution in [3.05, 3.63) is 27.4 Å². The van der Waals surface area contributed by atoms with Gasteiger partial charge in [0.05, 0.1) is 12.2 Å². The van der Waals surface area contributed by atoms with Crippen LogP contribution in [-0.2, 0) is 0 Å². The van der Waals surface area contributed by atoms with Crippen molar-refractivity contribution in [3.63, 3.8) is 0 Å². The highest BCUT2D eigenvalue weighted by Gasteiger charge is 2.14. The fourth-order valence-corrected chi connectivity index (χ4v) is 0.998. The molecule has 0 aliphatic rings. The third-order valence-electron chi connectivity index (χ3n) is 0.966. The molecule has 0 aliphatic heterocycles. The van der Waals surface area contributed by atoms with E-state index < -0.39 is 18.3 Å². The first-order chi connectivity index (χ1) is 5.95. The summed E-state index contributed by atoms with van der Waals surface area (Å²) in [5, 5.41) is -0.213. The minimum absolute atomic E-state index is 0.120. The third kappa shape index (κ3) is 1.87. The molecule has 0 radical (unpaired) electrons. The maximum atomic E-state index is 12.2. The minimum atomic E-state index is -2.81. The lowest BCUT2D eigenvalue weighted by Gasteiger charge is -2.01. The van der Waals surface area contributed by atoms with E-state index in [-0.39, 0.29) is 15.5 Å². The van der Waals surface area contributed by atoms with Crippen LogP contribution in [0.25, 0.3) is 0 Å². The van der Waals surface area contributed by atoms with Crippen LogP contribution in [0.4, 0.5) is 8.78 Å². The topological polar surface area (TPSA) is 12.9 Å². The summed E-state index contributed by atoms with van der Waals surface area (Å²) < 4.78 is 38.5. The minimum Gasteiger partial charge on any atom is -0.254 e. The largest absolute Gasteiger partial charge is 0.281 e. The Morgan fingerprint density at radius 1 is 1.73 bits per heavy atom. The van der Waals surface area contributed by atoms with Gasteiger partial charge in [-0.2, -0.15) is 0 Å². The summed E-state index contributed by atoms with van der Waals surface area (Å²) in [6, 6.07) is -0.363. The Morgan fingerprint density at radius 2 is 2.36 bits per heavy atom. The molecule has 1 heterocycles. The van der Waals surface area contributed by atoms with Crippen molar-refractivity contribution in [3.8, 4) is 0 Å². The van der Waals surface area contributed by atoms with Crippen LogP contribution in [0.15, 0.2) is 16.7 Å². The number of pyridine rings is 1. The van der Waals surface area contributed by atoms with Crippen LogP contribution in [0.3, 0.4) is 0 Å². The third-order valence-corrected chi connectivity index (χ3v) is 2.28. The van der Waals surface area contributed by atoms with Crippen molar-refractivity contribution < 1.29 is 11.5 Å². The molecule has 11 heavy (non-hydrogen) atoms. The molecular weight excluding hydrogens is 239 g/mol. The van der Waals surface area contributed by atoms with E-state index in [1.54, 1.807) is 0 Å². The molecule has 0 spiro atoms. The number of rotatable bonds is 1. The summed E-state index contributed by atoms with van der Waals surface area (Å²) in [4.78, 5) is 3.23. The first kappa shape index (κ1) is 6.31. The SMILES string of the molecule is [2H]c1nc(C(F)F)c(Br)c(Cl)c1[2H]. The molecule has 0 amide bonds. The molecule has 0 unspecified atom stereocenters. The number of alkyl halides is 2. The lowest BCUT2D eigenvalue weighted by Crippen LogP contribution is -1.90. The highest BCUT2D eigenvalue weighted by molar-refractivity contribution is 9.10. The molecule has 0 aromatic carbocycles. The van der Waals surface area contributed by atoms with Gasteiger partial charge < -0.3 is 0 Å². The van der Waals surface area contributed by atoms with E-state index in [4.69, 9.17) is 14.3 Å². The molecule has 1 nitrogen and oxygen atoms in total. The Morgan fingerprint density at radius 3 is 2.91 bits per heavy atom. The molecule has 1 aromatic rings. The van der Waals surface area contributed by atoms with Gasteiger partial charge in [0.1, 0.15) is 5.69 Å². The molecule has 0 saturated carbocycles. The zero-order chi connectivity index (χ0) is 10.2. The molecule has 0 atom stereocenters. The molecule has 0 aliphatic carbocycles. The first-order valence-corrected chi connectivity index (χ1v) is 3.72. The Bertz CT molecular complexity index is 348. The van der Waals surface area contributed by atoms with E-state index in [2.05, 4.69) is 20.9 Å². The van der Waals surface area contributed by atoms with Crippen molar-refractivity contribution in [2.24, 2.45) is 0 Å². The maximum absolute atomic E-state index is 12.2. The number of halogens is 4. The molecular formula is C6H3BrClF2N. The average Bonchev–Trinajstić information content (AvgIpc) is 2.07. The average molecular weight is 244 g/mol. The van der Waals surface area contributed by atoms with E-state index in [1.807, 2.05) is 0 Å². The van der Waals surface area contributed by atoms with E-state index in [9.17, 15) is 8.78 Å². The van der Waals surface area contributed by atoms with Crippen molar-refractivity contribution in [2.75, 3.05) is 0 Å². The van der Waals surface area contributed by atoms with E-state index in [0.717, 1.165) is 0 Å². The van der Waals surface area contributed by atoms with Gasteiger partial charge in [-0.15, -0.1) is 0 Å². The Labute approximate surface area is 78.3 Å². The zero-order valence-electron chi connectivity index (χ0n) is 7.04.